The molecule has 0 saturated carbocycles. The molecule has 1 amide bonds. The summed E-state index contributed by atoms with van der Waals surface area (Å²) in [5.74, 6) is 0.141. The minimum absolute atomic E-state index is 0.274. The Morgan fingerprint density at radius 3 is 2.77 bits per heavy atom. The normalized spacial score (nSPS) is 10.2. The number of hydrogen-bond donors (Lipinski definition) is 1. The van der Waals surface area contributed by atoms with E-state index in [1.165, 1.54) is 12.5 Å². The highest BCUT2D eigenvalue weighted by atomic mass is 35.5. The smallest absolute Gasteiger partial charge is 0.258 e. The second kappa shape index (κ2) is 6.32. The van der Waals surface area contributed by atoms with Gasteiger partial charge in [0.05, 0.1) is 11.3 Å². The molecular weight excluding hydrogens is 300 g/mol. The Labute approximate surface area is 132 Å². The Morgan fingerprint density at radius 2 is 2.00 bits per heavy atom. The van der Waals surface area contributed by atoms with Crippen LogP contribution in [0.4, 0.5) is 5.82 Å². The first kappa shape index (κ1) is 14.2. The number of halogens is 1. The standard InChI is InChI=1S/C16H11ClN4O/c17-13-5-1-3-11(7-13)14-8-15(20-10-19-14)21-16(22)12-4-2-6-18-9-12/h1-10H,(H,19,20,21,22). The molecular formula is C16H11ClN4O. The number of amides is 1. The average Bonchev–Trinajstić information content (AvgIpc) is 2.56. The number of carbonyl (C=O) groups excluding carboxylic acids is 1. The summed E-state index contributed by atoms with van der Waals surface area (Å²) in [6, 6.07) is 12.4. The van der Waals surface area contributed by atoms with Gasteiger partial charge < -0.3 is 5.32 Å². The number of hydrogen-bond acceptors (Lipinski definition) is 4. The van der Waals surface area contributed by atoms with Crippen molar-refractivity contribution in [1.29, 1.82) is 0 Å². The largest absolute Gasteiger partial charge is 0.306 e. The highest BCUT2D eigenvalue weighted by Crippen LogP contribution is 2.22. The number of rotatable bonds is 3. The molecule has 0 atom stereocenters. The van der Waals surface area contributed by atoms with Crippen molar-refractivity contribution in [2.75, 3.05) is 5.32 Å². The monoisotopic (exact) mass is 310 g/mol. The van der Waals surface area contributed by atoms with Crippen LogP contribution in [0.1, 0.15) is 10.4 Å². The lowest BCUT2D eigenvalue weighted by Crippen LogP contribution is -2.13. The topological polar surface area (TPSA) is 67.8 Å². The number of aromatic nitrogens is 3. The number of pyridine rings is 1. The molecule has 108 valence electrons. The van der Waals surface area contributed by atoms with Gasteiger partial charge in [-0.2, -0.15) is 0 Å². The third-order valence-electron chi connectivity index (χ3n) is 2.95. The lowest BCUT2D eigenvalue weighted by atomic mass is 10.1. The lowest BCUT2D eigenvalue weighted by molar-refractivity contribution is 0.102. The van der Waals surface area contributed by atoms with Crippen LogP contribution in [0.25, 0.3) is 11.3 Å². The Kier molecular flexibility index (Phi) is 4.07. The van der Waals surface area contributed by atoms with Crippen molar-refractivity contribution in [3.05, 3.63) is 71.8 Å². The van der Waals surface area contributed by atoms with E-state index in [1.807, 2.05) is 12.1 Å². The molecule has 0 unspecified atom stereocenters. The molecule has 0 radical (unpaired) electrons. The summed E-state index contributed by atoms with van der Waals surface area (Å²) in [7, 11) is 0. The lowest BCUT2D eigenvalue weighted by Gasteiger charge is -2.06. The SMILES string of the molecule is O=C(Nc1cc(-c2cccc(Cl)c2)ncn1)c1cccnc1. The number of anilines is 1. The van der Waals surface area contributed by atoms with Gasteiger partial charge in [0.1, 0.15) is 12.1 Å². The second-order valence-corrected chi connectivity index (χ2v) is 4.93. The molecule has 1 aromatic carbocycles. The Balaban J connectivity index is 1.84. The van der Waals surface area contributed by atoms with Gasteiger partial charge in [-0.25, -0.2) is 9.97 Å². The summed E-state index contributed by atoms with van der Waals surface area (Å²) in [6.07, 6.45) is 4.50. The fraction of sp³-hybridized carbons (Fsp3) is 0. The van der Waals surface area contributed by atoms with E-state index in [1.54, 1.807) is 36.5 Å². The molecule has 22 heavy (non-hydrogen) atoms. The summed E-state index contributed by atoms with van der Waals surface area (Å²) in [6.45, 7) is 0. The summed E-state index contributed by atoms with van der Waals surface area (Å²) >= 11 is 5.98. The van der Waals surface area contributed by atoms with E-state index in [-0.39, 0.29) is 5.91 Å². The van der Waals surface area contributed by atoms with Crippen molar-refractivity contribution >= 4 is 23.3 Å². The molecule has 2 heterocycles. The van der Waals surface area contributed by atoms with Crippen molar-refractivity contribution in [1.82, 2.24) is 15.0 Å². The van der Waals surface area contributed by atoms with E-state index in [2.05, 4.69) is 20.3 Å². The van der Waals surface area contributed by atoms with Crippen LogP contribution < -0.4 is 5.32 Å². The third kappa shape index (κ3) is 3.27. The Morgan fingerprint density at radius 1 is 1.09 bits per heavy atom. The number of nitrogens with zero attached hydrogens (tertiary/aromatic N) is 3. The number of benzene rings is 1. The number of nitrogens with one attached hydrogen (secondary N) is 1. The summed E-state index contributed by atoms with van der Waals surface area (Å²) in [5.41, 5.74) is 2.00. The first-order valence-electron chi connectivity index (χ1n) is 6.52. The zero-order valence-electron chi connectivity index (χ0n) is 11.4. The molecule has 2 aromatic heterocycles. The van der Waals surface area contributed by atoms with Crippen LogP contribution in [0, 0.1) is 0 Å². The van der Waals surface area contributed by atoms with Gasteiger partial charge in [-0.05, 0) is 24.3 Å². The highest BCUT2D eigenvalue weighted by Gasteiger charge is 2.08. The fourth-order valence-electron chi connectivity index (χ4n) is 1.92. The molecule has 0 aliphatic rings. The molecule has 0 saturated heterocycles. The molecule has 0 bridgehead atoms. The van der Waals surface area contributed by atoms with E-state index < -0.39 is 0 Å². The first-order valence-corrected chi connectivity index (χ1v) is 6.89. The van der Waals surface area contributed by atoms with E-state index in [9.17, 15) is 4.79 Å². The van der Waals surface area contributed by atoms with E-state index >= 15 is 0 Å². The van der Waals surface area contributed by atoms with Crippen LogP contribution in [0.2, 0.25) is 5.02 Å². The van der Waals surface area contributed by atoms with Crippen LogP contribution in [0.15, 0.2) is 61.2 Å². The van der Waals surface area contributed by atoms with Gasteiger partial charge in [-0.3, -0.25) is 9.78 Å². The maximum Gasteiger partial charge on any atom is 0.258 e. The van der Waals surface area contributed by atoms with Gasteiger partial charge in [0.15, 0.2) is 0 Å². The summed E-state index contributed by atoms with van der Waals surface area (Å²) in [4.78, 5) is 24.3. The molecule has 0 aliphatic heterocycles. The Hall–Kier alpha value is -2.79. The quantitative estimate of drug-likeness (QED) is 0.804. The predicted molar refractivity (Wildman–Crippen MR) is 84.7 cm³/mol. The van der Waals surface area contributed by atoms with Crippen molar-refractivity contribution in [3.63, 3.8) is 0 Å². The van der Waals surface area contributed by atoms with Crippen LogP contribution in [0.5, 0.6) is 0 Å². The van der Waals surface area contributed by atoms with Gasteiger partial charge in [-0.1, -0.05) is 23.7 Å². The van der Waals surface area contributed by atoms with E-state index in [0.717, 1.165) is 5.56 Å². The first-order chi connectivity index (χ1) is 10.7. The van der Waals surface area contributed by atoms with Gasteiger partial charge >= 0.3 is 0 Å². The van der Waals surface area contributed by atoms with Gasteiger partial charge in [0.25, 0.3) is 5.91 Å². The van der Waals surface area contributed by atoms with Crippen molar-refractivity contribution in [2.45, 2.75) is 0 Å². The maximum atomic E-state index is 12.1. The molecule has 3 rings (SSSR count). The molecule has 0 spiro atoms. The molecule has 5 nitrogen and oxygen atoms in total. The fourth-order valence-corrected chi connectivity index (χ4v) is 2.11. The zero-order valence-corrected chi connectivity index (χ0v) is 12.2. The molecule has 3 aromatic rings. The average molecular weight is 311 g/mol. The summed E-state index contributed by atoms with van der Waals surface area (Å²) < 4.78 is 0. The molecule has 0 aliphatic carbocycles. The van der Waals surface area contributed by atoms with Gasteiger partial charge in [-0.15, -0.1) is 0 Å². The predicted octanol–water partition coefficient (Wildman–Crippen LogP) is 3.44. The van der Waals surface area contributed by atoms with Crippen LogP contribution in [0.3, 0.4) is 0 Å². The van der Waals surface area contributed by atoms with Crippen LogP contribution in [-0.4, -0.2) is 20.9 Å². The van der Waals surface area contributed by atoms with Gasteiger partial charge in [0, 0.05) is 29.0 Å². The zero-order chi connectivity index (χ0) is 15.4. The highest BCUT2D eigenvalue weighted by molar-refractivity contribution is 6.30. The maximum absolute atomic E-state index is 12.1. The van der Waals surface area contributed by atoms with Crippen molar-refractivity contribution in [3.8, 4) is 11.3 Å². The van der Waals surface area contributed by atoms with E-state index in [4.69, 9.17) is 11.6 Å². The molecule has 6 heteroatoms. The van der Waals surface area contributed by atoms with Crippen molar-refractivity contribution < 1.29 is 4.79 Å². The Bertz CT molecular complexity index is 808. The van der Waals surface area contributed by atoms with Crippen LogP contribution >= 0.6 is 11.6 Å². The minimum atomic E-state index is -0.274. The minimum Gasteiger partial charge on any atom is -0.306 e. The van der Waals surface area contributed by atoms with Crippen molar-refractivity contribution in [2.24, 2.45) is 0 Å². The molecule has 0 fully saturated rings. The van der Waals surface area contributed by atoms with Crippen LogP contribution in [-0.2, 0) is 0 Å². The van der Waals surface area contributed by atoms with E-state index in [0.29, 0.717) is 22.1 Å². The second-order valence-electron chi connectivity index (χ2n) is 4.49. The number of carbonyl (C=O) groups is 1. The summed E-state index contributed by atoms with van der Waals surface area (Å²) in [5, 5.41) is 3.34. The van der Waals surface area contributed by atoms with Gasteiger partial charge in [0.2, 0.25) is 0 Å². The third-order valence-corrected chi connectivity index (χ3v) is 3.19. The molecule has 1 N–H and O–H groups in total.